The summed E-state index contributed by atoms with van der Waals surface area (Å²) < 4.78 is 0. The molecule has 0 bridgehead atoms. The number of hydrogen-bond acceptors (Lipinski definition) is 5. The van der Waals surface area contributed by atoms with E-state index in [-0.39, 0.29) is 5.91 Å². The van der Waals surface area contributed by atoms with Gasteiger partial charge in [-0.05, 0) is 29.0 Å². The Labute approximate surface area is 151 Å². The molecule has 24 heavy (non-hydrogen) atoms. The zero-order valence-electron chi connectivity index (χ0n) is 12.4. The van der Waals surface area contributed by atoms with Gasteiger partial charge in [-0.1, -0.05) is 30.3 Å². The maximum absolute atomic E-state index is 12.6. The predicted molar refractivity (Wildman–Crippen MR) is 103 cm³/mol. The molecular formula is C18H12N2OS3. The van der Waals surface area contributed by atoms with Crippen LogP contribution in [0.1, 0.15) is 10.5 Å². The fourth-order valence-electron chi connectivity index (χ4n) is 2.32. The van der Waals surface area contributed by atoms with Crippen LogP contribution in [0.4, 0.5) is 5.69 Å². The van der Waals surface area contributed by atoms with Gasteiger partial charge in [-0.2, -0.15) is 0 Å². The number of rotatable bonds is 4. The Morgan fingerprint density at radius 1 is 0.875 bits per heavy atom. The van der Waals surface area contributed by atoms with Gasteiger partial charge >= 0.3 is 0 Å². The van der Waals surface area contributed by atoms with Gasteiger partial charge in [-0.15, -0.1) is 34.0 Å². The highest BCUT2D eigenvalue weighted by molar-refractivity contribution is 7.20. The van der Waals surface area contributed by atoms with E-state index < -0.39 is 0 Å². The molecule has 0 saturated heterocycles. The van der Waals surface area contributed by atoms with E-state index in [4.69, 9.17) is 0 Å². The Balaban J connectivity index is 1.59. The van der Waals surface area contributed by atoms with Crippen molar-refractivity contribution in [3.63, 3.8) is 0 Å². The SMILES string of the molecule is O=C(Nc1ccccc1-c1cccs1)c1csc(-c2cccs2)n1. The molecule has 6 heteroatoms. The highest BCUT2D eigenvalue weighted by atomic mass is 32.1. The third-order valence-corrected chi connectivity index (χ3v) is 6.22. The fourth-order valence-corrected chi connectivity index (χ4v) is 4.70. The Kier molecular flexibility index (Phi) is 4.25. The molecule has 0 aliphatic carbocycles. The molecule has 0 aliphatic heterocycles. The molecule has 0 fully saturated rings. The fraction of sp³-hybridized carbons (Fsp3) is 0. The molecule has 4 aromatic rings. The molecule has 1 aromatic carbocycles. The van der Waals surface area contributed by atoms with Crippen LogP contribution in [0.3, 0.4) is 0 Å². The van der Waals surface area contributed by atoms with Crippen molar-refractivity contribution in [1.29, 1.82) is 0 Å². The Bertz CT molecular complexity index is 956. The van der Waals surface area contributed by atoms with Gasteiger partial charge in [0.25, 0.3) is 5.91 Å². The minimum absolute atomic E-state index is 0.182. The molecule has 1 amide bonds. The highest BCUT2D eigenvalue weighted by Gasteiger charge is 2.14. The van der Waals surface area contributed by atoms with Crippen LogP contribution in [0.2, 0.25) is 0 Å². The summed E-state index contributed by atoms with van der Waals surface area (Å²) in [6, 6.07) is 15.9. The molecule has 4 rings (SSSR count). The Hall–Kier alpha value is -2.28. The summed E-state index contributed by atoms with van der Waals surface area (Å²) in [6.45, 7) is 0. The van der Waals surface area contributed by atoms with Gasteiger partial charge in [0.2, 0.25) is 0 Å². The Morgan fingerprint density at radius 3 is 2.38 bits per heavy atom. The number of thiophene rings is 2. The number of carbonyl (C=O) groups excluding carboxylic acids is 1. The highest BCUT2D eigenvalue weighted by Crippen LogP contribution is 2.32. The molecule has 0 spiro atoms. The van der Waals surface area contributed by atoms with Gasteiger partial charge in [-0.3, -0.25) is 4.79 Å². The van der Waals surface area contributed by atoms with Gasteiger partial charge < -0.3 is 5.32 Å². The summed E-state index contributed by atoms with van der Waals surface area (Å²) in [6.07, 6.45) is 0. The Morgan fingerprint density at radius 2 is 1.62 bits per heavy atom. The summed E-state index contributed by atoms with van der Waals surface area (Å²) in [4.78, 5) is 19.2. The predicted octanol–water partition coefficient (Wildman–Crippen LogP) is 5.85. The van der Waals surface area contributed by atoms with Gasteiger partial charge in [0, 0.05) is 21.5 Å². The maximum atomic E-state index is 12.6. The van der Waals surface area contributed by atoms with Crippen LogP contribution >= 0.6 is 34.0 Å². The second-order valence-corrected chi connectivity index (χ2v) is 7.75. The molecule has 0 radical (unpaired) electrons. The summed E-state index contributed by atoms with van der Waals surface area (Å²) in [5, 5.41) is 9.71. The van der Waals surface area contributed by atoms with Crippen LogP contribution in [0.25, 0.3) is 20.3 Å². The summed E-state index contributed by atoms with van der Waals surface area (Å²) in [5.74, 6) is -0.182. The standard InChI is InChI=1S/C18H12N2OS3/c21-17(14-11-24-18(20-14)16-8-4-10-23-16)19-13-6-2-1-5-12(13)15-7-3-9-22-15/h1-11H,(H,19,21). The number of para-hydroxylation sites is 1. The van der Waals surface area contributed by atoms with Crippen molar-refractivity contribution in [3.8, 4) is 20.3 Å². The topological polar surface area (TPSA) is 42.0 Å². The number of amides is 1. The zero-order chi connectivity index (χ0) is 16.4. The minimum atomic E-state index is -0.182. The van der Waals surface area contributed by atoms with Crippen LogP contribution in [0.5, 0.6) is 0 Å². The van der Waals surface area contributed by atoms with Crippen molar-refractivity contribution >= 4 is 45.6 Å². The number of aromatic nitrogens is 1. The number of thiazole rings is 1. The lowest BCUT2D eigenvalue weighted by Gasteiger charge is -2.08. The summed E-state index contributed by atoms with van der Waals surface area (Å²) >= 11 is 4.76. The molecule has 118 valence electrons. The van der Waals surface area contributed by atoms with Gasteiger partial charge in [0.05, 0.1) is 4.88 Å². The number of nitrogens with one attached hydrogen (secondary N) is 1. The van der Waals surface area contributed by atoms with Crippen LogP contribution in [0.15, 0.2) is 64.7 Å². The first-order valence-electron chi connectivity index (χ1n) is 7.25. The average Bonchev–Trinajstić information content (AvgIpc) is 3.35. The normalized spacial score (nSPS) is 10.7. The zero-order valence-corrected chi connectivity index (χ0v) is 14.9. The number of anilines is 1. The minimum Gasteiger partial charge on any atom is -0.320 e. The second kappa shape index (κ2) is 6.68. The molecule has 3 nitrogen and oxygen atoms in total. The van der Waals surface area contributed by atoms with Crippen molar-refractivity contribution in [2.75, 3.05) is 5.32 Å². The van der Waals surface area contributed by atoms with Gasteiger partial charge in [0.15, 0.2) is 0 Å². The van der Waals surface area contributed by atoms with E-state index in [1.807, 2.05) is 59.3 Å². The van der Waals surface area contributed by atoms with Crippen LogP contribution in [-0.2, 0) is 0 Å². The lowest BCUT2D eigenvalue weighted by atomic mass is 10.1. The van der Waals surface area contributed by atoms with E-state index in [0.29, 0.717) is 5.69 Å². The maximum Gasteiger partial charge on any atom is 0.275 e. The summed E-state index contributed by atoms with van der Waals surface area (Å²) in [5.41, 5.74) is 2.27. The third-order valence-electron chi connectivity index (χ3n) is 3.43. The molecule has 1 N–H and O–H groups in total. The molecule has 0 saturated carbocycles. The molecule has 3 aromatic heterocycles. The number of benzene rings is 1. The third kappa shape index (κ3) is 3.03. The first-order chi connectivity index (χ1) is 11.8. The smallest absolute Gasteiger partial charge is 0.275 e. The van der Waals surface area contributed by atoms with Gasteiger partial charge in [-0.25, -0.2) is 4.98 Å². The average molecular weight is 369 g/mol. The van der Waals surface area contributed by atoms with Crippen molar-refractivity contribution in [1.82, 2.24) is 4.98 Å². The lowest BCUT2D eigenvalue weighted by Crippen LogP contribution is -2.12. The lowest BCUT2D eigenvalue weighted by molar-refractivity contribution is 0.102. The van der Waals surface area contributed by atoms with Crippen LogP contribution < -0.4 is 5.32 Å². The molecule has 3 heterocycles. The van der Waals surface area contributed by atoms with Crippen LogP contribution in [-0.4, -0.2) is 10.9 Å². The van der Waals surface area contributed by atoms with Crippen molar-refractivity contribution in [3.05, 3.63) is 70.4 Å². The van der Waals surface area contributed by atoms with Gasteiger partial charge in [0.1, 0.15) is 10.7 Å². The first-order valence-corrected chi connectivity index (χ1v) is 9.89. The number of hydrogen-bond donors (Lipinski definition) is 1. The molecule has 0 aliphatic rings. The molecular weight excluding hydrogens is 356 g/mol. The van der Waals surface area contributed by atoms with Crippen LogP contribution in [0, 0.1) is 0 Å². The van der Waals surface area contributed by atoms with Crippen molar-refractivity contribution in [2.45, 2.75) is 0 Å². The van der Waals surface area contributed by atoms with E-state index in [1.54, 1.807) is 28.1 Å². The van der Waals surface area contributed by atoms with E-state index in [0.717, 1.165) is 26.0 Å². The summed E-state index contributed by atoms with van der Waals surface area (Å²) in [7, 11) is 0. The number of carbonyl (C=O) groups is 1. The first kappa shape index (κ1) is 15.3. The van der Waals surface area contributed by atoms with E-state index in [9.17, 15) is 4.79 Å². The quantitative estimate of drug-likeness (QED) is 0.491. The monoisotopic (exact) mass is 368 g/mol. The number of nitrogens with zero attached hydrogens (tertiary/aromatic N) is 1. The van der Waals surface area contributed by atoms with E-state index in [1.165, 1.54) is 11.3 Å². The molecule has 0 unspecified atom stereocenters. The largest absolute Gasteiger partial charge is 0.320 e. The van der Waals surface area contributed by atoms with Crippen molar-refractivity contribution in [2.24, 2.45) is 0 Å². The second-order valence-electron chi connectivity index (χ2n) is 4.99. The van der Waals surface area contributed by atoms with Crippen molar-refractivity contribution < 1.29 is 4.79 Å². The van der Waals surface area contributed by atoms with E-state index >= 15 is 0 Å². The molecule has 0 atom stereocenters. The van der Waals surface area contributed by atoms with E-state index in [2.05, 4.69) is 10.3 Å².